The number of nitrogens with one attached hydrogen (secondary N) is 1. The van der Waals surface area contributed by atoms with Crippen molar-refractivity contribution in [3.05, 3.63) is 99.8 Å². The number of hydrogen-bond acceptors (Lipinski definition) is 4. The molecule has 0 bridgehead atoms. The van der Waals surface area contributed by atoms with E-state index in [1.807, 2.05) is 44.2 Å². The van der Waals surface area contributed by atoms with Gasteiger partial charge < -0.3 is 10.2 Å². The lowest BCUT2D eigenvalue weighted by molar-refractivity contribution is -0.140. The van der Waals surface area contributed by atoms with E-state index in [2.05, 4.69) is 5.32 Å². The first-order chi connectivity index (χ1) is 18.9. The normalized spacial score (nSPS) is 12.8. The SMILES string of the molecule is CC[C@@H](C)NC(=O)[C@H](Cc1ccccc1)N(Cc1ccc(F)cc1)C(=O)CN(c1cc(Cl)ccc1Cl)S(C)(=O)=O. The number of hydrogen-bond donors (Lipinski definition) is 1. The quantitative estimate of drug-likeness (QED) is 0.296. The van der Waals surface area contributed by atoms with Gasteiger partial charge in [0.15, 0.2) is 0 Å². The second-order valence-corrected chi connectivity index (χ2v) is 12.3. The summed E-state index contributed by atoms with van der Waals surface area (Å²) in [7, 11) is -4.00. The number of nitrogens with zero attached hydrogens (tertiary/aromatic N) is 2. The molecular formula is C29H32Cl2FN3O4S. The van der Waals surface area contributed by atoms with Crippen molar-refractivity contribution in [2.75, 3.05) is 17.1 Å². The van der Waals surface area contributed by atoms with Gasteiger partial charge >= 0.3 is 0 Å². The predicted molar refractivity (Wildman–Crippen MR) is 157 cm³/mol. The first kappa shape index (κ1) is 31.4. The molecular weight excluding hydrogens is 576 g/mol. The summed E-state index contributed by atoms with van der Waals surface area (Å²) in [6, 6.07) is 17.9. The van der Waals surface area contributed by atoms with E-state index in [0.717, 1.165) is 16.1 Å². The molecule has 0 aliphatic carbocycles. The number of anilines is 1. The molecule has 1 N–H and O–H groups in total. The molecule has 0 saturated carbocycles. The summed E-state index contributed by atoms with van der Waals surface area (Å²) >= 11 is 12.4. The molecule has 3 aromatic carbocycles. The topological polar surface area (TPSA) is 86.8 Å². The zero-order valence-electron chi connectivity index (χ0n) is 22.5. The Morgan fingerprint density at radius 3 is 2.23 bits per heavy atom. The van der Waals surface area contributed by atoms with Crippen LogP contribution in [0.4, 0.5) is 10.1 Å². The molecule has 40 heavy (non-hydrogen) atoms. The van der Waals surface area contributed by atoms with Crippen molar-refractivity contribution in [1.29, 1.82) is 0 Å². The Hall–Kier alpha value is -3.14. The van der Waals surface area contributed by atoms with Gasteiger partial charge in [0, 0.05) is 24.0 Å². The Kier molecular flexibility index (Phi) is 11.0. The van der Waals surface area contributed by atoms with Gasteiger partial charge in [0.2, 0.25) is 21.8 Å². The fraction of sp³-hybridized carbons (Fsp3) is 0.310. The average Bonchev–Trinajstić information content (AvgIpc) is 2.91. The molecule has 0 fully saturated rings. The van der Waals surface area contributed by atoms with Crippen molar-refractivity contribution < 1.29 is 22.4 Å². The third kappa shape index (κ3) is 8.68. The number of halogens is 3. The van der Waals surface area contributed by atoms with Gasteiger partial charge in [-0.2, -0.15) is 0 Å². The molecule has 3 aromatic rings. The van der Waals surface area contributed by atoms with Gasteiger partial charge in [-0.3, -0.25) is 13.9 Å². The molecule has 0 aromatic heterocycles. The third-order valence-electron chi connectivity index (χ3n) is 6.39. The van der Waals surface area contributed by atoms with Gasteiger partial charge in [-0.05, 0) is 54.8 Å². The Balaban J connectivity index is 2.08. The van der Waals surface area contributed by atoms with Gasteiger partial charge in [-0.25, -0.2) is 12.8 Å². The zero-order chi connectivity index (χ0) is 29.4. The van der Waals surface area contributed by atoms with Gasteiger partial charge in [-0.15, -0.1) is 0 Å². The summed E-state index contributed by atoms with van der Waals surface area (Å²) in [5, 5.41) is 3.27. The number of benzene rings is 3. The lowest BCUT2D eigenvalue weighted by Crippen LogP contribution is -2.54. The molecule has 0 saturated heterocycles. The summed E-state index contributed by atoms with van der Waals surface area (Å²) in [4.78, 5) is 29.0. The molecule has 2 atom stereocenters. The molecule has 0 radical (unpaired) electrons. The number of carbonyl (C=O) groups excluding carboxylic acids is 2. The number of rotatable bonds is 12. The van der Waals surface area contributed by atoms with E-state index >= 15 is 0 Å². The minimum atomic E-state index is -4.00. The molecule has 7 nitrogen and oxygen atoms in total. The first-order valence-electron chi connectivity index (χ1n) is 12.7. The van der Waals surface area contributed by atoms with E-state index in [4.69, 9.17) is 23.2 Å². The standard InChI is InChI=1S/C29H32Cl2FN3O4S/c1-4-20(2)33-29(37)27(16-21-8-6-5-7-9-21)34(18-22-10-13-24(32)14-11-22)28(36)19-35(40(3,38)39)26-17-23(30)12-15-25(26)31/h5-15,17,20,27H,4,16,18-19H2,1-3H3,(H,33,37)/t20-,27+/m1/s1. The highest BCUT2D eigenvalue weighted by atomic mass is 35.5. The highest BCUT2D eigenvalue weighted by Crippen LogP contribution is 2.31. The molecule has 0 heterocycles. The molecule has 0 spiro atoms. The lowest BCUT2D eigenvalue weighted by Gasteiger charge is -2.34. The van der Waals surface area contributed by atoms with Crippen molar-refractivity contribution in [2.45, 2.75) is 45.3 Å². The second-order valence-electron chi connectivity index (χ2n) is 9.54. The van der Waals surface area contributed by atoms with Crippen LogP contribution in [0, 0.1) is 5.82 Å². The van der Waals surface area contributed by atoms with Crippen LogP contribution in [0.3, 0.4) is 0 Å². The van der Waals surface area contributed by atoms with Crippen LogP contribution in [0.25, 0.3) is 0 Å². The molecule has 214 valence electrons. The van der Waals surface area contributed by atoms with Crippen molar-refractivity contribution in [1.82, 2.24) is 10.2 Å². The van der Waals surface area contributed by atoms with E-state index < -0.39 is 34.3 Å². The number of carbonyl (C=O) groups is 2. The minimum Gasteiger partial charge on any atom is -0.352 e. The fourth-order valence-electron chi connectivity index (χ4n) is 4.05. The van der Waals surface area contributed by atoms with Crippen LogP contribution in [0.5, 0.6) is 0 Å². The van der Waals surface area contributed by atoms with Gasteiger partial charge in [-0.1, -0.05) is 72.6 Å². The molecule has 0 aliphatic rings. The highest BCUT2D eigenvalue weighted by Gasteiger charge is 2.34. The lowest BCUT2D eigenvalue weighted by atomic mass is 10.0. The van der Waals surface area contributed by atoms with Crippen LogP contribution < -0.4 is 9.62 Å². The fourth-order valence-corrected chi connectivity index (χ4v) is 5.34. The van der Waals surface area contributed by atoms with E-state index in [-0.39, 0.29) is 40.6 Å². The Morgan fingerprint density at radius 2 is 1.62 bits per heavy atom. The Labute approximate surface area is 244 Å². The van der Waals surface area contributed by atoms with Crippen LogP contribution >= 0.6 is 23.2 Å². The van der Waals surface area contributed by atoms with Crippen molar-refractivity contribution in [3.63, 3.8) is 0 Å². The Morgan fingerprint density at radius 1 is 0.975 bits per heavy atom. The predicted octanol–water partition coefficient (Wildman–Crippen LogP) is 5.45. The summed E-state index contributed by atoms with van der Waals surface area (Å²) < 4.78 is 40.2. The monoisotopic (exact) mass is 607 g/mol. The van der Waals surface area contributed by atoms with Crippen molar-refractivity contribution >= 4 is 50.7 Å². The molecule has 2 amide bonds. The zero-order valence-corrected chi connectivity index (χ0v) is 24.8. The maximum atomic E-state index is 14.0. The highest BCUT2D eigenvalue weighted by molar-refractivity contribution is 7.92. The van der Waals surface area contributed by atoms with E-state index in [1.165, 1.54) is 47.4 Å². The summed E-state index contributed by atoms with van der Waals surface area (Å²) in [5.41, 5.74) is 1.41. The third-order valence-corrected chi connectivity index (χ3v) is 8.08. The summed E-state index contributed by atoms with van der Waals surface area (Å²) in [6.07, 6.45) is 1.80. The van der Waals surface area contributed by atoms with E-state index in [0.29, 0.717) is 12.0 Å². The van der Waals surface area contributed by atoms with Crippen LogP contribution in [0.2, 0.25) is 10.0 Å². The largest absolute Gasteiger partial charge is 0.352 e. The average molecular weight is 609 g/mol. The maximum Gasteiger partial charge on any atom is 0.244 e. The van der Waals surface area contributed by atoms with E-state index in [9.17, 15) is 22.4 Å². The van der Waals surface area contributed by atoms with Crippen LogP contribution in [-0.2, 0) is 32.6 Å². The molecule has 11 heteroatoms. The molecule has 3 rings (SSSR count). The van der Waals surface area contributed by atoms with Crippen LogP contribution in [-0.4, -0.2) is 50.0 Å². The van der Waals surface area contributed by atoms with Crippen molar-refractivity contribution in [3.8, 4) is 0 Å². The van der Waals surface area contributed by atoms with E-state index in [1.54, 1.807) is 0 Å². The number of amides is 2. The van der Waals surface area contributed by atoms with Crippen LogP contribution in [0.15, 0.2) is 72.8 Å². The first-order valence-corrected chi connectivity index (χ1v) is 15.3. The van der Waals surface area contributed by atoms with Crippen molar-refractivity contribution in [2.24, 2.45) is 0 Å². The number of sulfonamides is 1. The molecule has 0 unspecified atom stereocenters. The maximum absolute atomic E-state index is 14.0. The minimum absolute atomic E-state index is 0.0374. The molecule has 0 aliphatic heterocycles. The summed E-state index contributed by atoms with van der Waals surface area (Å²) in [5.74, 6) is -1.48. The second kappa shape index (κ2) is 14.0. The van der Waals surface area contributed by atoms with Gasteiger partial charge in [0.1, 0.15) is 18.4 Å². The Bertz CT molecular complexity index is 1420. The van der Waals surface area contributed by atoms with Gasteiger partial charge in [0.05, 0.1) is 17.0 Å². The van der Waals surface area contributed by atoms with Gasteiger partial charge in [0.25, 0.3) is 0 Å². The summed E-state index contributed by atoms with van der Waals surface area (Å²) in [6.45, 7) is 3.08. The van der Waals surface area contributed by atoms with Crippen LogP contribution in [0.1, 0.15) is 31.4 Å². The smallest absolute Gasteiger partial charge is 0.244 e.